The van der Waals surface area contributed by atoms with Crippen LogP contribution in [-0.4, -0.2) is 36.3 Å². The number of aromatic nitrogens is 1. The van der Waals surface area contributed by atoms with Crippen LogP contribution in [0.25, 0.3) is 21.7 Å². The molecule has 9 heteroatoms. The Hall–Kier alpha value is -2.26. The van der Waals surface area contributed by atoms with E-state index in [2.05, 4.69) is 0 Å². The van der Waals surface area contributed by atoms with Crippen LogP contribution in [0.5, 0.6) is 0 Å². The number of hydrogen-bond acceptors (Lipinski definition) is 5. The molecule has 0 radical (unpaired) electrons. The predicted molar refractivity (Wildman–Crippen MR) is 126 cm³/mol. The fourth-order valence-corrected chi connectivity index (χ4v) is 6.44. The van der Waals surface area contributed by atoms with Crippen molar-refractivity contribution in [3.05, 3.63) is 58.6 Å². The van der Waals surface area contributed by atoms with E-state index in [4.69, 9.17) is 21.7 Å². The van der Waals surface area contributed by atoms with Crippen molar-refractivity contribution in [3.63, 3.8) is 0 Å². The molecule has 0 spiro atoms. The average molecular weight is 488 g/mol. The molecule has 2 aliphatic rings. The highest BCUT2D eigenvalue weighted by molar-refractivity contribution is 7.89. The first-order valence-corrected chi connectivity index (χ1v) is 13.3. The Morgan fingerprint density at radius 3 is 2.16 bits per heavy atom. The van der Waals surface area contributed by atoms with E-state index >= 15 is 0 Å². The van der Waals surface area contributed by atoms with Crippen LogP contribution in [0.1, 0.15) is 41.9 Å². The highest BCUT2D eigenvalue weighted by atomic mass is 35.5. The monoisotopic (exact) mass is 487 g/mol. The summed E-state index contributed by atoms with van der Waals surface area (Å²) in [5.41, 5.74) is 2.31. The van der Waals surface area contributed by atoms with Crippen molar-refractivity contribution < 1.29 is 13.2 Å². The van der Waals surface area contributed by atoms with Crippen molar-refractivity contribution in [2.75, 3.05) is 0 Å². The summed E-state index contributed by atoms with van der Waals surface area (Å²) in [4.78, 5) is 21.1. The molecule has 1 aromatic heterocycles. The van der Waals surface area contributed by atoms with Crippen molar-refractivity contribution in [3.8, 4) is 21.7 Å². The smallest absolute Gasteiger partial charge is 0.283 e. The van der Waals surface area contributed by atoms with Crippen LogP contribution in [0.4, 0.5) is 0 Å². The number of piperidine rings is 1. The topological polar surface area (TPSA) is 93.4 Å². The molecule has 3 aromatic rings. The van der Waals surface area contributed by atoms with Gasteiger partial charge in [-0.2, -0.15) is 0 Å². The molecule has 2 bridgehead atoms. The number of nitrogens with zero attached hydrogens (tertiary/aromatic N) is 2. The molecule has 5 rings (SSSR count). The van der Waals surface area contributed by atoms with Crippen molar-refractivity contribution in [2.24, 2.45) is 5.14 Å². The molecular formula is C23H22ClN3O3S2. The second kappa shape index (κ2) is 8.26. The van der Waals surface area contributed by atoms with Crippen LogP contribution in [0.15, 0.2) is 53.4 Å². The number of amides is 1. The van der Waals surface area contributed by atoms with Crippen LogP contribution in [0.3, 0.4) is 0 Å². The molecule has 3 heterocycles. The van der Waals surface area contributed by atoms with Crippen molar-refractivity contribution >= 4 is 38.9 Å². The van der Waals surface area contributed by atoms with E-state index in [1.54, 1.807) is 24.3 Å². The number of carbonyl (C=O) groups excluding carboxylic acids is 1. The second-order valence-electron chi connectivity index (χ2n) is 8.30. The quantitative estimate of drug-likeness (QED) is 0.564. The van der Waals surface area contributed by atoms with Crippen molar-refractivity contribution in [2.45, 2.75) is 49.1 Å². The van der Waals surface area contributed by atoms with Gasteiger partial charge in [-0.05, 0) is 61.9 Å². The summed E-state index contributed by atoms with van der Waals surface area (Å²) in [7, 11) is -3.78. The van der Waals surface area contributed by atoms with Crippen LogP contribution >= 0.6 is 22.9 Å². The Bertz CT molecular complexity index is 1250. The van der Waals surface area contributed by atoms with E-state index in [9.17, 15) is 13.2 Å². The number of fused-ring (bicyclic) bond motifs is 2. The molecule has 1 amide bonds. The zero-order chi connectivity index (χ0) is 22.5. The van der Waals surface area contributed by atoms with Crippen LogP contribution in [0, 0.1) is 0 Å². The van der Waals surface area contributed by atoms with Crippen LogP contribution < -0.4 is 5.14 Å². The second-order valence-corrected chi connectivity index (χ2v) is 11.3. The number of thiazole rings is 1. The van der Waals surface area contributed by atoms with Gasteiger partial charge in [0.15, 0.2) is 5.01 Å². The number of rotatable bonds is 4. The summed E-state index contributed by atoms with van der Waals surface area (Å²) in [6.45, 7) is 0. The Kier molecular flexibility index (Phi) is 5.57. The van der Waals surface area contributed by atoms with Gasteiger partial charge in [0, 0.05) is 22.7 Å². The van der Waals surface area contributed by atoms with Crippen molar-refractivity contribution in [1.82, 2.24) is 9.88 Å². The molecule has 2 aliphatic heterocycles. The fraction of sp³-hybridized carbons (Fsp3) is 0.304. The maximum Gasteiger partial charge on any atom is 0.283 e. The zero-order valence-electron chi connectivity index (χ0n) is 17.2. The number of sulfonamides is 1. The number of carbonyl (C=O) groups is 1. The lowest BCUT2D eigenvalue weighted by molar-refractivity contribution is 0.0595. The minimum atomic E-state index is -3.78. The van der Waals surface area contributed by atoms with Crippen molar-refractivity contribution in [1.29, 1.82) is 0 Å². The summed E-state index contributed by atoms with van der Waals surface area (Å²) in [5, 5.41) is 6.31. The Morgan fingerprint density at radius 1 is 0.969 bits per heavy atom. The molecular weight excluding hydrogens is 466 g/mol. The molecule has 2 saturated heterocycles. The standard InChI is InChI=1S/C23H22ClN3O3S2/c24-16-8-4-14(5-9-16)20-21(15-6-12-19(13-7-15)32(25,29)30)31-22(26-20)23(28)27-17-2-1-3-18(27)11-10-17/h4-9,12-13,17-18H,1-3,10-11H2,(H2,25,29,30). The maximum atomic E-state index is 13.5. The van der Waals surface area contributed by atoms with Gasteiger partial charge in [0.05, 0.1) is 15.5 Å². The number of halogens is 1. The van der Waals surface area contributed by atoms with Crippen LogP contribution in [0.2, 0.25) is 5.02 Å². The van der Waals surface area contributed by atoms with Gasteiger partial charge in [0.25, 0.3) is 5.91 Å². The molecule has 2 atom stereocenters. The Morgan fingerprint density at radius 2 is 1.56 bits per heavy atom. The van der Waals surface area contributed by atoms with E-state index in [0.29, 0.717) is 27.8 Å². The normalized spacial score (nSPS) is 20.5. The summed E-state index contributed by atoms with van der Waals surface area (Å²) in [5.74, 6) is -0.00943. The molecule has 2 N–H and O–H groups in total. The van der Waals surface area contributed by atoms with E-state index in [0.717, 1.165) is 41.7 Å². The maximum absolute atomic E-state index is 13.5. The van der Waals surface area contributed by atoms with Gasteiger partial charge < -0.3 is 4.90 Å². The number of hydrogen-bond donors (Lipinski definition) is 1. The predicted octanol–water partition coefficient (Wildman–Crippen LogP) is 4.94. The Balaban J connectivity index is 1.58. The lowest BCUT2D eigenvalue weighted by atomic mass is 10.0. The van der Waals surface area contributed by atoms with Gasteiger partial charge in [-0.15, -0.1) is 11.3 Å². The molecule has 2 aromatic carbocycles. The van der Waals surface area contributed by atoms with E-state index in [1.807, 2.05) is 17.0 Å². The summed E-state index contributed by atoms with van der Waals surface area (Å²) in [6, 6.07) is 14.3. The largest absolute Gasteiger partial charge is 0.331 e. The van der Waals surface area contributed by atoms with Gasteiger partial charge >= 0.3 is 0 Å². The minimum Gasteiger partial charge on any atom is -0.331 e. The highest BCUT2D eigenvalue weighted by Crippen LogP contribution is 2.41. The first-order chi connectivity index (χ1) is 15.3. The zero-order valence-corrected chi connectivity index (χ0v) is 19.6. The number of primary sulfonamides is 1. The van der Waals surface area contributed by atoms with E-state index in [-0.39, 0.29) is 10.8 Å². The Labute approximate surface area is 196 Å². The number of nitrogens with two attached hydrogens (primary N) is 1. The highest BCUT2D eigenvalue weighted by Gasteiger charge is 2.41. The first-order valence-electron chi connectivity index (χ1n) is 10.5. The molecule has 0 aliphatic carbocycles. The fourth-order valence-electron chi connectivity index (χ4n) is 4.77. The third kappa shape index (κ3) is 3.96. The molecule has 2 fully saturated rings. The van der Waals surface area contributed by atoms with Gasteiger partial charge in [-0.25, -0.2) is 18.5 Å². The lowest BCUT2D eigenvalue weighted by Crippen LogP contribution is -2.43. The van der Waals surface area contributed by atoms with E-state index in [1.165, 1.54) is 29.9 Å². The minimum absolute atomic E-state index is 0.00943. The summed E-state index contributed by atoms with van der Waals surface area (Å²) < 4.78 is 23.3. The third-order valence-electron chi connectivity index (χ3n) is 6.30. The molecule has 0 saturated carbocycles. The van der Waals surface area contributed by atoms with Crippen LogP contribution in [-0.2, 0) is 10.0 Å². The van der Waals surface area contributed by atoms with Gasteiger partial charge in [-0.1, -0.05) is 35.9 Å². The summed E-state index contributed by atoms with van der Waals surface area (Å²) >= 11 is 7.41. The van der Waals surface area contributed by atoms with E-state index < -0.39 is 10.0 Å². The average Bonchev–Trinajstić information content (AvgIpc) is 3.32. The lowest BCUT2D eigenvalue weighted by Gasteiger charge is -2.34. The first kappa shape index (κ1) is 21.6. The molecule has 6 nitrogen and oxygen atoms in total. The SMILES string of the molecule is NS(=O)(=O)c1ccc(-c2sc(C(=O)N3C4CCCC3CC4)nc2-c2ccc(Cl)cc2)cc1. The van der Waals surface area contributed by atoms with Gasteiger partial charge in [0.2, 0.25) is 10.0 Å². The molecule has 2 unspecified atom stereocenters. The third-order valence-corrected chi connectivity index (χ3v) is 8.58. The summed E-state index contributed by atoms with van der Waals surface area (Å²) in [6.07, 6.45) is 5.41. The van der Waals surface area contributed by atoms with Gasteiger partial charge in [-0.3, -0.25) is 4.79 Å². The molecule has 166 valence electrons. The molecule has 32 heavy (non-hydrogen) atoms. The number of benzene rings is 2. The van der Waals surface area contributed by atoms with Gasteiger partial charge in [0.1, 0.15) is 0 Å².